The number of para-hydroxylation sites is 1. The molecule has 0 aliphatic rings. The van der Waals surface area contributed by atoms with Crippen LogP contribution < -0.4 is 9.47 Å². The molecule has 3 aromatic carbocycles. The van der Waals surface area contributed by atoms with Crippen molar-refractivity contribution >= 4 is 11.6 Å². The average Bonchev–Trinajstić information content (AvgIpc) is 2.75. The monoisotopic (exact) mass is 432 g/mol. The molecule has 158 valence electrons. The summed E-state index contributed by atoms with van der Waals surface area (Å²) < 4.78 is 44.3. The molecule has 1 unspecified atom stereocenters. The predicted octanol–water partition coefficient (Wildman–Crippen LogP) is 6.79. The fraction of sp³-hybridized carbons (Fsp3) is 0.250. The summed E-state index contributed by atoms with van der Waals surface area (Å²) in [5.41, 5.74) is 1.08. The highest BCUT2D eigenvalue weighted by Gasteiger charge is 2.40. The quantitative estimate of drug-likeness (QED) is 0.330. The molecule has 6 heteroatoms. The maximum Gasteiger partial charge on any atom is 0.263 e. The Morgan fingerprint density at radius 2 is 1.57 bits per heavy atom. The number of ether oxygens (including phenoxy) is 3. The highest BCUT2D eigenvalue weighted by Crippen LogP contribution is 2.37. The molecule has 0 saturated carbocycles. The molecule has 0 aliphatic heterocycles. The van der Waals surface area contributed by atoms with Crippen molar-refractivity contribution in [2.75, 3.05) is 13.2 Å². The molecule has 0 bridgehead atoms. The molecule has 1 atom stereocenters. The van der Waals surface area contributed by atoms with Crippen LogP contribution in [0.5, 0.6) is 17.2 Å². The number of benzene rings is 3. The molecule has 0 radical (unpaired) electrons. The SMILES string of the molecule is CCOc1ccc(C(Cl)(COCc2cccc(Oc3ccccc3)c2)C(F)F)cc1. The normalized spacial score (nSPS) is 13.1. The lowest BCUT2D eigenvalue weighted by Crippen LogP contribution is -2.33. The Morgan fingerprint density at radius 3 is 2.23 bits per heavy atom. The summed E-state index contributed by atoms with van der Waals surface area (Å²) in [5.74, 6) is 1.95. The van der Waals surface area contributed by atoms with Crippen LogP contribution in [0.15, 0.2) is 78.9 Å². The second-order valence-electron chi connectivity index (χ2n) is 6.68. The smallest absolute Gasteiger partial charge is 0.263 e. The summed E-state index contributed by atoms with van der Waals surface area (Å²) in [4.78, 5) is -1.94. The Hall–Kier alpha value is -2.63. The van der Waals surface area contributed by atoms with Crippen molar-refractivity contribution in [3.63, 3.8) is 0 Å². The molecule has 3 nitrogen and oxygen atoms in total. The lowest BCUT2D eigenvalue weighted by molar-refractivity contribution is 0.0175. The van der Waals surface area contributed by atoms with E-state index in [0.29, 0.717) is 23.9 Å². The Morgan fingerprint density at radius 1 is 0.867 bits per heavy atom. The Balaban J connectivity index is 1.63. The zero-order chi connectivity index (χ0) is 21.4. The molecule has 0 saturated heterocycles. The molecule has 0 N–H and O–H groups in total. The van der Waals surface area contributed by atoms with Gasteiger partial charge in [-0.2, -0.15) is 0 Å². The van der Waals surface area contributed by atoms with E-state index in [0.717, 1.165) is 5.56 Å². The van der Waals surface area contributed by atoms with E-state index in [1.54, 1.807) is 24.3 Å². The minimum absolute atomic E-state index is 0.129. The molecular weight excluding hydrogens is 410 g/mol. The maximum absolute atomic E-state index is 13.8. The Kier molecular flexibility index (Phi) is 7.66. The van der Waals surface area contributed by atoms with E-state index in [4.69, 9.17) is 25.8 Å². The highest BCUT2D eigenvalue weighted by atomic mass is 35.5. The van der Waals surface area contributed by atoms with E-state index in [1.165, 1.54) is 0 Å². The van der Waals surface area contributed by atoms with Gasteiger partial charge in [0.25, 0.3) is 6.43 Å². The Labute approximate surface area is 180 Å². The molecule has 3 aromatic rings. The molecule has 0 spiro atoms. The van der Waals surface area contributed by atoms with Crippen LogP contribution in [0.1, 0.15) is 18.1 Å². The standard InChI is InChI=1S/C24H23ClF2O3/c1-2-29-20-13-11-19(12-14-20)24(25,23(26)27)17-28-16-18-7-6-10-22(15-18)30-21-8-4-3-5-9-21/h3-15,23H,2,16-17H2,1H3. The van der Waals surface area contributed by atoms with Crippen molar-refractivity contribution in [2.24, 2.45) is 0 Å². The van der Waals surface area contributed by atoms with E-state index in [1.807, 2.05) is 61.5 Å². The number of hydrogen-bond acceptors (Lipinski definition) is 3. The third kappa shape index (κ3) is 5.71. The van der Waals surface area contributed by atoms with Gasteiger partial charge in [0.1, 0.15) is 17.2 Å². The van der Waals surface area contributed by atoms with Gasteiger partial charge in [0.2, 0.25) is 0 Å². The first-order valence-electron chi connectivity index (χ1n) is 9.61. The topological polar surface area (TPSA) is 27.7 Å². The van der Waals surface area contributed by atoms with Crippen LogP contribution in [0.25, 0.3) is 0 Å². The minimum Gasteiger partial charge on any atom is -0.494 e. The molecule has 3 rings (SSSR count). The van der Waals surface area contributed by atoms with Crippen molar-refractivity contribution < 1.29 is 23.0 Å². The van der Waals surface area contributed by atoms with Crippen LogP contribution in [-0.4, -0.2) is 19.6 Å². The lowest BCUT2D eigenvalue weighted by atomic mass is 9.99. The Bertz CT molecular complexity index is 919. The number of alkyl halides is 3. The molecule has 0 aliphatic carbocycles. The van der Waals surface area contributed by atoms with Gasteiger partial charge in [0, 0.05) is 0 Å². The van der Waals surface area contributed by atoms with Gasteiger partial charge >= 0.3 is 0 Å². The van der Waals surface area contributed by atoms with Gasteiger partial charge in [0.05, 0.1) is 19.8 Å². The largest absolute Gasteiger partial charge is 0.494 e. The molecule has 0 heterocycles. The molecule has 30 heavy (non-hydrogen) atoms. The van der Waals surface area contributed by atoms with Gasteiger partial charge in [-0.25, -0.2) is 8.78 Å². The first kappa shape index (κ1) is 22.1. The summed E-state index contributed by atoms with van der Waals surface area (Å²) >= 11 is 6.29. The first-order valence-corrected chi connectivity index (χ1v) is 9.99. The van der Waals surface area contributed by atoms with E-state index in [9.17, 15) is 8.78 Å². The molecule has 0 amide bonds. The van der Waals surface area contributed by atoms with Gasteiger partial charge in [0.15, 0.2) is 4.87 Å². The third-order valence-corrected chi connectivity index (χ3v) is 4.94. The summed E-state index contributed by atoms with van der Waals surface area (Å²) in [6.45, 7) is 2.14. The van der Waals surface area contributed by atoms with Gasteiger partial charge in [-0.15, -0.1) is 11.6 Å². The van der Waals surface area contributed by atoms with Crippen LogP contribution in [0.4, 0.5) is 8.78 Å². The fourth-order valence-electron chi connectivity index (χ4n) is 2.91. The van der Waals surface area contributed by atoms with E-state index >= 15 is 0 Å². The van der Waals surface area contributed by atoms with Crippen molar-refractivity contribution in [3.05, 3.63) is 90.0 Å². The van der Waals surface area contributed by atoms with Crippen LogP contribution in [-0.2, 0) is 16.2 Å². The summed E-state index contributed by atoms with van der Waals surface area (Å²) in [5, 5.41) is 0. The van der Waals surface area contributed by atoms with Crippen LogP contribution in [0.3, 0.4) is 0 Å². The molecular formula is C24H23ClF2O3. The first-order chi connectivity index (χ1) is 14.5. The van der Waals surface area contributed by atoms with E-state index < -0.39 is 11.3 Å². The van der Waals surface area contributed by atoms with E-state index in [2.05, 4.69) is 0 Å². The minimum atomic E-state index is -2.80. The molecule has 0 aromatic heterocycles. The predicted molar refractivity (Wildman–Crippen MR) is 114 cm³/mol. The zero-order valence-electron chi connectivity index (χ0n) is 16.6. The molecule has 0 fully saturated rings. The number of halogens is 3. The second-order valence-corrected chi connectivity index (χ2v) is 7.35. The van der Waals surface area contributed by atoms with Crippen molar-refractivity contribution in [3.8, 4) is 17.2 Å². The fourth-order valence-corrected chi connectivity index (χ4v) is 3.11. The third-order valence-electron chi connectivity index (χ3n) is 4.45. The average molecular weight is 433 g/mol. The van der Waals surface area contributed by atoms with Crippen molar-refractivity contribution in [1.82, 2.24) is 0 Å². The number of rotatable bonds is 10. The van der Waals surface area contributed by atoms with Crippen molar-refractivity contribution in [1.29, 1.82) is 0 Å². The van der Waals surface area contributed by atoms with Gasteiger partial charge < -0.3 is 14.2 Å². The summed E-state index contributed by atoms with van der Waals surface area (Å²) in [6, 6.07) is 23.0. The van der Waals surface area contributed by atoms with E-state index in [-0.39, 0.29) is 18.8 Å². The summed E-state index contributed by atoms with van der Waals surface area (Å²) in [6.07, 6.45) is -2.80. The maximum atomic E-state index is 13.8. The lowest BCUT2D eigenvalue weighted by Gasteiger charge is -2.26. The van der Waals surface area contributed by atoms with Crippen LogP contribution >= 0.6 is 11.6 Å². The van der Waals surface area contributed by atoms with Crippen LogP contribution in [0.2, 0.25) is 0 Å². The number of hydrogen-bond donors (Lipinski definition) is 0. The zero-order valence-corrected chi connectivity index (χ0v) is 17.3. The second kappa shape index (κ2) is 10.4. The van der Waals surface area contributed by atoms with Gasteiger partial charge in [-0.3, -0.25) is 0 Å². The van der Waals surface area contributed by atoms with Crippen LogP contribution in [0, 0.1) is 0 Å². The van der Waals surface area contributed by atoms with Crippen molar-refractivity contribution in [2.45, 2.75) is 24.8 Å². The van der Waals surface area contributed by atoms with Gasteiger partial charge in [-0.05, 0) is 54.4 Å². The van der Waals surface area contributed by atoms with Gasteiger partial charge in [-0.1, -0.05) is 42.5 Å². The summed E-state index contributed by atoms with van der Waals surface area (Å²) in [7, 11) is 0. The highest BCUT2D eigenvalue weighted by molar-refractivity contribution is 6.24.